The van der Waals surface area contributed by atoms with E-state index in [0.29, 0.717) is 25.9 Å². The molecule has 2 aromatic rings. The summed E-state index contributed by atoms with van der Waals surface area (Å²) in [6.07, 6.45) is 1.03. The molecule has 0 saturated heterocycles. The first-order valence-corrected chi connectivity index (χ1v) is 12.6. The summed E-state index contributed by atoms with van der Waals surface area (Å²) in [4.78, 5) is 38.8. The first-order valence-electron chi connectivity index (χ1n) is 12.6. The van der Waals surface area contributed by atoms with Gasteiger partial charge >= 0.3 is 6.09 Å². The number of Topliss-reactive ketones (excluding diaryl/α,β-unsaturated/α-hetero) is 1. The number of aryl methyl sites for hydroxylation is 1. The van der Waals surface area contributed by atoms with Crippen LogP contribution in [0.3, 0.4) is 0 Å². The van der Waals surface area contributed by atoms with E-state index >= 15 is 0 Å². The van der Waals surface area contributed by atoms with Crippen molar-refractivity contribution in [2.45, 2.75) is 78.2 Å². The van der Waals surface area contributed by atoms with E-state index in [-0.39, 0.29) is 18.3 Å². The zero-order chi connectivity index (χ0) is 26.6. The lowest BCUT2D eigenvalue weighted by atomic mass is 9.97. The Morgan fingerprint density at radius 1 is 0.889 bits per heavy atom. The minimum absolute atomic E-state index is 0.123. The molecule has 196 valence electrons. The third-order valence-electron chi connectivity index (χ3n) is 5.79. The van der Waals surface area contributed by atoms with E-state index in [2.05, 4.69) is 10.6 Å². The minimum Gasteiger partial charge on any atom is -0.444 e. The van der Waals surface area contributed by atoms with Gasteiger partial charge in [-0.15, -0.1) is 0 Å². The van der Waals surface area contributed by atoms with E-state index in [1.54, 1.807) is 20.8 Å². The number of rotatable bonds is 13. The number of ketones is 1. The van der Waals surface area contributed by atoms with Crippen LogP contribution in [0, 0.1) is 5.92 Å². The summed E-state index contributed by atoms with van der Waals surface area (Å²) in [5, 5.41) is 5.57. The molecule has 0 spiro atoms. The standard InChI is InChI=1S/C29H40N2O5/c1-6-21(2)26(31-28(34)36-29(3,4)5)27(33)30-24(18-17-22-13-9-7-10-14-22)25(32)20-35-19-23-15-11-8-12-16-23/h7-16,21,24,26H,6,17-20H2,1-5H3,(H,30,33)(H,31,34). The number of benzene rings is 2. The van der Waals surface area contributed by atoms with Gasteiger partial charge in [-0.3, -0.25) is 9.59 Å². The number of nitrogens with one attached hydrogen (secondary N) is 2. The van der Waals surface area contributed by atoms with Gasteiger partial charge in [0.15, 0.2) is 5.78 Å². The van der Waals surface area contributed by atoms with Crippen molar-refractivity contribution in [3.8, 4) is 0 Å². The SMILES string of the molecule is CCC(C)C(NC(=O)OC(C)(C)C)C(=O)NC(CCc1ccccc1)C(=O)COCc1ccccc1. The molecule has 7 nitrogen and oxygen atoms in total. The predicted molar refractivity (Wildman–Crippen MR) is 140 cm³/mol. The molecule has 7 heteroatoms. The summed E-state index contributed by atoms with van der Waals surface area (Å²) in [5.41, 5.74) is 1.35. The molecule has 2 N–H and O–H groups in total. The van der Waals surface area contributed by atoms with Crippen LogP contribution in [0.5, 0.6) is 0 Å². The van der Waals surface area contributed by atoms with Crippen LogP contribution >= 0.6 is 0 Å². The summed E-state index contributed by atoms with van der Waals surface area (Å²) < 4.78 is 11.0. The Bertz CT molecular complexity index is 957. The van der Waals surface area contributed by atoms with Crippen LogP contribution < -0.4 is 10.6 Å². The fourth-order valence-corrected chi connectivity index (χ4v) is 3.61. The second kappa shape index (κ2) is 14.4. The monoisotopic (exact) mass is 496 g/mol. The molecule has 36 heavy (non-hydrogen) atoms. The number of alkyl carbamates (subject to hydrolysis) is 1. The Hall–Kier alpha value is -3.19. The first kappa shape index (κ1) is 29.0. The maximum Gasteiger partial charge on any atom is 0.408 e. The molecule has 2 aromatic carbocycles. The molecule has 2 amide bonds. The highest BCUT2D eigenvalue weighted by Crippen LogP contribution is 2.13. The quantitative estimate of drug-likeness (QED) is 0.414. The zero-order valence-corrected chi connectivity index (χ0v) is 22.1. The van der Waals surface area contributed by atoms with E-state index in [4.69, 9.17) is 9.47 Å². The molecule has 0 radical (unpaired) electrons. The highest BCUT2D eigenvalue weighted by Gasteiger charge is 2.31. The molecule has 3 unspecified atom stereocenters. The number of amides is 2. The fourth-order valence-electron chi connectivity index (χ4n) is 3.61. The van der Waals surface area contributed by atoms with Crippen molar-refractivity contribution in [2.75, 3.05) is 6.61 Å². The van der Waals surface area contributed by atoms with Crippen LogP contribution in [0.15, 0.2) is 60.7 Å². The summed E-state index contributed by atoms with van der Waals surface area (Å²) in [6.45, 7) is 9.29. The van der Waals surface area contributed by atoms with Gasteiger partial charge in [0.1, 0.15) is 18.2 Å². The molecule has 0 aliphatic carbocycles. The van der Waals surface area contributed by atoms with E-state index in [0.717, 1.165) is 11.1 Å². The summed E-state index contributed by atoms with van der Waals surface area (Å²) >= 11 is 0. The molecule has 0 aliphatic rings. The number of hydrogen-bond acceptors (Lipinski definition) is 5. The van der Waals surface area contributed by atoms with Gasteiger partial charge in [0, 0.05) is 0 Å². The molecule has 3 atom stereocenters. The highest BCUT2D eigenvalue weighted by molar-refractivity contribution is 5.92. The van der Waals surface area contributed by atoms with Crippen LogP contribution in [-0.4, -0.2) is 42.1 Å². The van der Waals surface area contributed by atoms with Gasteiger partial charge in [0.2, 0.25) is 5.91 Å². The summed E-state index contributed by atoms with van der Waals surface area (Å²) in [7, 11) is 0. The summed E-state index contributed by atoms with van der Waals surface area (Å²) in [5.74, 6) is -0.781. The molecule has 0 heterocycles. The van der Waals surface area contributed by atoms with Crippen LogP contribution in [0.25, 0.3) is 0 Å². The third kappa shape index (κ3) is 10.6. The molecule has 2 rings (SSSR count). The van der Waals surface area contributed by atoms with Crippen molar-refractivity contribution < 1.29 is 23.9 Å². The van der Waals surface area contributed by atoms with Crippen molar-refractivity contribution in [1.29, 1.82) is 0 Å². The van der Waals surface area contributed by atoms with Gasteiger partial charge in [0.25, 0.3) is 0 Å². The highest BCUT2D eigenvalue weighted by atomic mass is 16.6. The van der Waals surface area contributed by atoms with Gasteiger partial charge in [0.05, 0.1) is 12.6 Å². The second-order valence-electron chi connectivity index (χ2n) is 10.0. The van der Waals surface area contributed by atoms with Crippen LogP contribution in [0.2, 0.25) is 0 Å². The molecular formula is C29H40N2O5. The van der Waals surface area contributed by atoms with Crippen LogP contribution in [0.1, 0.15) is 58.6 Å². The average Bonchev–Trinajstić information content (AvgIpc) is 2.84. The molecular weight excluding hydrogens is 456 g/mol. The number of carbonyl (C=O) groups is 3. The predicted octanol–water partition coefficient (Wildman–Crippen LogP) is 4.83. The third-order valence-corrected chi connectivity index (χ3v) is 5.79. The van der Waals surface area contributed by atoms with Crippen molar-refractivity contribution in [2.24, 2.45) is 5.92 Å². The summed E-state index contributed by atoms with van der Waals surface area (Å²) in [6, 6.07) is 17.8. The Kier molecular flexibility index (Phi) is 11.6. The van der Waals surface area contributed by atoms with Crippen molar-refractivity contribution in [3.63, 3.8) is 0 Å². The second-order valence-corrected chi connectivity index (χ2v) is 10.0. The van der Waals surface area contributed by atoms with Gasteiger partial charge < -0.3 is 20.1 Å². The van der Waals surface area contributed by atoms with Gasteiger partial charge in [-0.25, -0.2) is 4.79 Å². The molecule has 0 fully saturated rings. The van der Waals surface area contributed by atoms with Crippen LogP contribution in [0.4, 0.5) is 4.79 Å². The number of hydrogen-bond donors (Lipinski definition) is 2. The lowest BCUT2D eigenvalue weighted by molar-refractivity contribution is -0.132. The molecule has 0 bridgehead atoms. The number of ether oxygens (including phenoxy) is 2. The van der Waals surface area contributed by atoms with E-state index in [9.17, 15) is 14.4 Å². The normalized spacial score (nSPS) is 13.8. The van der Waals surface area contributed by atoms with Crippen molar-refractivity contribution >= 4 is 17.8 Å². The van der Waals surface area contributed by atoms with E-state index in [1.165, 1.54) is 0 Å². The Balaban J connectivity index is 2.09. The minimum atomic E-state index is -0.831. The van der Waals surface area contributed by atoms with E-state index in [1.807, 2.05) is 74.5 Å². The van der Waals surface area contributed by atoms with Crippen molar-refractivity contribution in [3.05, 3.63) is 71.8 Å². The van der Waals surface area contributed by atoms with Gasteiger partial charge in [-0.05, 0) is 50.7 Å². The fraction of sp³-hybridized carbons (Fsp3) is 0.483. The van der Waals surface area contributed by atoms with E-state index < -0.39 is 29.7 Å². The molecule has 0 saturated carbocycles. The van der Waals surface area contributed by atoms with Gasteiger partial charge in [-0.2, -0.15) is 0 Å². The maximum atomic E-state index is 13.3. The molecule has 0 aliphatic heterocycles. The Labute approximate surface area is 215 Å². The Morgan fingerprint density at radius 2 is 1.47 bits per heavy atom. The van der Waals surface area contributed by atoms with Gasteiger partial charge in [-0.1, -0.05) is 80.9 Å². The van der Waals surface area contributed by atoms with Crippen LogP contribution in [-0.2, 0) is 32.1 Å². The molecule has 0 aromatic heterocycles. The Morgan fingerprint density at radius 3 is 2.03 bits per heavy atom. The lowest BCUT2D eigenvalue weighted by Gasteiger charge is -2.28. The first-order chi connectivity index (χ1) is 17.1. The van der Waals surface area contributed by atoms with Crippen molar-refractivity contribution in [1.82, 2.24) is 10.6 Å². The largest absolute Gasteiger partial charge is 0.444 e. The average molecular weight is 497 g/mol. The number of carbonyl (C=O) groups excluding carboxylic acids is 3. The smallest absolute Gasteiger partial charge is 0.408 e. The lowest BCUT2D eigenvalue weighted by Crippen LogP contribution is -2.55. The topological polar surface area (TPSA) is 93.7 Å². The maximum absolute atomic E-state index is 13.3. The zero-order valence-electron chi connectivity index (χ0n) is 22.1.